The number of thioether (sulfide) groups is 1. The zero-order valence-electron chi connectivity index (χ0n) is 16.7. The van der Waals surface area contributed by atoms with Crippen molar-refractivity contribution in [2.24, 2.45) is 0 Å². The zero-order valence-corrected chi connectivity index (χ0v) is 18.3. The molecule has 1 unspecified atom stereocenters. The van der Waals surface area contributed by atoms with E-state index in [1.807, 2.05) is 0 Å². The maximum atomic E-state index is 13.4. The number of carbonyl (C=O) groups is 1. The molecule has 2 aromatic carbocycles. The summed E-state index contributed by atoms with van der Waals surface area (Å²) < 4.78 is 55.1. The summed E-state index contributed by atoms with van der Waals surface area (Å²) in [5.41, 5.74) is 0.652. The highest BCUT2D eigenvalue weighted by Gasteiger charge is 2.29. The smallest absolute Gasteiger partial charge is 0.261 e. The first kappa shape index (κ1) is 22.1. The molecule has 1 saturated carbocycles. The Balaban J connectivity index is 1.37. The van der Waals surface area contributed by atoms with E-state index >= 15 is 0 Å². The summed E-state index contributed by atoms with van der Waals surface area (Å²) in [6, 6.07) is 8.53. The summed E-state index contributed by atoms with van der Waals surface area (Å²) in [7, 11) is -4.11. The lowest BCUT2D eigenvalue weighted by Crippen LogP contribution is -2.23. The molecule has 1 aliphatic rings. The van der Waals surface area contributed by atoms with Gasteiger partial charge in [-0.2, -0.15) is 0 Å². The minimum absolute atomic E-state index is 0.193. The summed E-state index contributed by atoms with van der Waals surface area (Å²) in [6.07, 6.45) is 2.04. The Morgan fingerprint density at radius 2 is 1.81 bits per heavy atom. The number of nitrogens with zero attached hydrogens (tertiary/aromatic N) is 4. The van der Waals surface area contributed by atoms with Gasteiger partial charge in [0.2, 0.25) is 11.1 Å². The van der Waals surface area contributed by atoms with E-state index in [4.69, 9.17) is 0 Å². The van der Waals surface area contributed by atoms with E-state index in [1.54, 1.807) is 11.6 Å². The van der Waals surface area contributed by atoms with Gasteiger partial charge in [0.15, 0.2) is 11.6 Å². The van der Waals surface area contributed by atoms with E-state index in [9.17, 15) is 22.0 Å². The number of sulfonamides is 1. The molecule has 0 radical (unpaired) electrons. The van der Waals surface area contributed by atoms with Crippen LogP contribution in [0.15, 0.2) is 52.5 Å². The van der Waals surface area contributed by atoms with Crippen LogP contribution in [0, 0.1) is 11.6 Å². The number of halogens is 2. The highest BCUT2D eigenvalue weighted by molar-refractivity contribution is 8.00. The van der Waals surface area contributed by atoms with Crippen LogP contribution in [0.5, 0.6) is 0 Å². The van der Waals surface area contributed by atoms with Gasteiger partial charge in [0.25, 0.3) is 10.0 Å². The number of tetrazole rings is 1. The molecule has 3 aromatic rings. The summed E-state index contributed by atoms with van der Waals surface area (Å²) in [6.45, 7) is 1.73. The number of benzene rings is 2. The number of hydrogen-bond acceptors (Lipinski definition) is 7. The van der Waals surface area contributed by atoms with Gasteiger partial charge in [0.1, 0.15) is 0 Å². The summed E-state index contributed by atoms with van der Waals surface area (Å²) in [5.74, 6) is -2.67. The molecule has 0 bridgehead atoms. The molecule has 9 nitrogen and oxygen atoms in total. The average Bonchev–Trinajstić information content (AvgIpc) is 3.50. The molecule has 13 heteroatoms. The molecule has 1 atom stereocenters. The van der Waals surface area contributed by atoms with Crippen LogP contribution in [-0.2, 0) is 14.8 Å². The lowest BCUT2D eigenvalue weighted by Gasteiger charge is -2.12. The summed E-state index contributed by atoms with van der Waals surface area (Å²) in [4.78, 5) is 12.1. The first-order valence-corrected chi connectivity index (χ1v) is 11.9. The molecule has 0 saturated heterocycles. The first-order chi connectivity index (χ1) is 15.2. The van der Waals surface area contributed by atoms with Crippen molar-refractivity contribution in [3.05, 3.63) is 54.1 Å². The van der Waals surface area contributed by atoms with E-state index < -0.39 is 31.8 Å². The lowest BCUT2D eigenvalue weighted by molar-refractivity contribution is -0.115. The minimum Gasteiger partial charge on any atom is -0.325 e. The SMILES string of the molecule is CC(Sc1nnnn1C1CC1)C(=O)Nc1ccc(NS(=O)(=O)c2ccc(F)c(F)c2)cc1. The van der Waals surface area contributed by atoms with Crippen LogP contribution in [0.3, 0.4) is 0 Å². The number of amides is 1. The Hall–Kier alpha value is -3.06. The van der Waals surface area contributed by atoms with Crippen molar-refractivity contribution in [2.45, 2.75) is 41.1 Å². The van der Waals surface area contributed by atoms with E-state index in [1.165, 1.54) is 36.0 Å². The number of anilines is 2. The second kappa shape index (κ2) is 8.82. The van der Waals surface area contributed by atoms with Crippen molar-refractivity contribution in [3.8, 4) is 0 Å². The highest BCUT2D eigenvalue weighted by atomic mass is 32.2. The van der Waals surface area contributed by atoms with Crippen LogP contribution in [0.4, 0.5) is 20.2 Å². The molecule has 4 rings (SSSR count). The number of hydrogen-bond donors (Lipinski definition) is 2. The van der Waals surface area contributed by atoms with Crippen LogP contribution in [0.25, 0.3) is 0 Å². The molecule has 1 amide bonds. The van der Waals surface area contributed by atoms with Gasteiger partial charge in [-0.3, -0.25) is 9.52 Å². The molecule has 1 heterocycles. The lowest BCUT2D eigenvalue weighted by atomic mass is 10.3. The van der Waals surface area contributed by atoms with E-state index in [2.05, 4.69) is 25.6 Å². The van der Waals surface area contributed by atoms with Gasteiger partial charge >= 0.3 is 0 Å². The largest absolute Gasteiger partial charge is 0.325 e. The van der Waals surface area contributed by atoms with Crippen molar-refractivity contribution in [1.82, 2.24) is 20.2 Å². The normalized spacial score (nSPS) is 14.7. The molecule has 1 aromatic heterocycles. The standard InChI is InChI=1S/C19H18F2N6O3S2/c1-11(31-19-23-25-26-27(19)14-6-7-14)18(28)22-12-2-4-13(5-3-12)24-32(29,30)15-8-9-16(20)17(21)10-15/h2-5,8-11,14,24H,6-7H2,1H3,(H,22,28). The fourth-order valence-electron chi connectivity index (χ4n) is 2.75. The Bertz CT molecular complexity index is 1250. The maximum Gasteiger partial charge on any atom is 0.261 e. The van der Waals surface area contributed by atoms with E-state index in [0.717, 1.165) is 25.0 Å². The Labute approximate surface area is 186 Å². The van der Waals surface area contributed by atoms with Gasteiger partial charge in [-0.1, -0.05) is 11.8 Å². The van der Waals surface area contributed by atoms with Gasteiger partial charge in [-0.15, -0.1) is 5.10 Å². The van der Waals surface area contributed by atoms with Crippen LogP contribution < -0.4 is 10.0 Å². The van der Waals surface area contributed by atoms with Crippen molar-refractivity contribution in [2.75, 3.05) is 10.0 Å². The van der Waals surface area contributed by atoms with Crippen molar-refractivity contribution in [1.29, 1.82) is 0 Å². The Morgan fingerprint density at radius 3 is 2.47 bits per heavy atom. The summed E-state index contributed by atoms with van der Waals surface area (Å²) in [5, 5.41) is 14.4. The molecular formula is C19H18F2N6O3S2. The van der Waals surface area contributed by atoms with Gasteiger partial charge < -0.3 is 5.32 Å². The number of carbonyl (C=O) groups excluding carboxylic acids is 1. The van der Waals surface area contributed by atoms with Crippen molar-refractivity contribution in [3.63, 3.8) is 0 Å². The van der Waals surface area contributed by atoms with Crippen molar-refractivity contribution >= 4 is 39.1 Å². The topological polar surface area (TPSA) is 119 Å². The molecule has 2 N–H and O–H groups in total. The van der Waals surface area contributed by atoms with Crippen molar-refractivity contribution < 1.29 is 22.0 Å². The van der Waals surface area contributed by atoms with Gasteiger partial charge in [0, 0.05) is 11.4 Å². The molecular weight excluding hydrogens is 462 g/mol. The zero-order chi connectivity index (χ0) is 22.9. The van der Waals surface area contributed by atoms with Crippen LogP contribution in [0.1, 0.15) is 25.8 Å². The fraction of sp³-hybridized carbons (Fsp3) is 0.263. The number of aromatic nitrogens is 4. The van der Waals surface area contributed by atoms with E-state index in [0.29, 0.717) is 23.0 Å². The number of nitrogens with one attached hydrogen (secondary N) is 2. The van der Waals surface area contributed by atoms with Crippen LogP contribution >= 0.6 is 11.8 Å². The predicted molar refractivity (Wildman–Crippen MR) is 114 cm³/mol. The Morgan fingerprint density at radius 1 is 1.12 bits per heavy atom. The van der Waals surface area contributed by atoms with Crippen LogP contribution in [-0.4, -0.2) is 39.8 Å². The maximum absolute atomic E-state index is 13.4. The second-order valence-electron chi connectivity index (χ2n) is 7.15. The number of rotatable bonds is 8. The van der Waals surface area contributed by atoms with Crippen LogP contribution in [0.2, 0.25) is 0 Å². The molecule has 32 heavy (non-hydrogen) atoms. The third kappa shape index (κ3) is 5.05. The molecule has 0 aliphatic heterocycles. The first-order valence-electron chi connectivity index (χ1n) is 9.56. The third-order valence-corrected chi connectivity index (χ3v) is 7.04. The quantitative estimate of drug-likeness (QED) is 0.475. The van der Waals surface area contributed by atoms with E-state index in [-0.39, 0.29) is 11.6 Å². The van der Waals surface area contributed by atoms with Gasteiger partial charge in [-0.05, 0) is 72.7 Å². The second-order valence-corrected chi connectivity index (χ2v) is 10.1. The Kier molecular flexibility index (Phi) is 6.11. The van der Waals surface area contributed by atoms with Gasteiger partial charge in [0.05, 0.1) is 16.2 Å². The average molecular weight is 481 g/mol. The molecule has 1 aliphatic carbocycles. The predicted octanol–water partition coefficient (Wildman–Crippen LogP) is 3.21. The fourth-order valence-corrected chi connectivity index (χ4v) is 4.68. The molecule has 1 fully saturated rings. The minimum atomic E-state index is -4.11. The third-order valence-electron chi connectivity index (χ3n) is 4.61. The monoisotopic (exact) mass is 480 g/mol. The molecule has 168 valence electrons. The molecule has 0 spiro atoms. The van der Waals surface area contributed by atoms with Gasteiger partial charge in [-0.25, -0.2) is 21.9 Å². The highest BCUT2D eigenvalue weighted by Crippen LogP contribution is 2.37. The summed E-state index contributed by atoms with van der Waals surface area (Å²) >= 11 is 1.25.